The van der Waals surface area contributed by atoms with Gasteiger partial charge in [-0.3, -0.25) is 9.69 Å². The van der Waals surface area contributed by atoms with Crippen LogP contribution in [-0.4, -0.2) is 30.4 Å². The Balaban J connectivity index is 2.63. The summed E-state index contributed by atoms with van der Waals surface area (Å²) < 4.78 is 13.1. The van der Waals surface area contributed by atoms with E-state index in [9.17, 15) is 9.18 Å². The van der Waals surface area contributed by atoms with E-state index in [0.717, 1.165) is 13.0 Å². The normalized spacial score (nSPS) is 14.1. The summed E-state index contributed by atoms with van der Waals surface area (Å²) in [6.45, 7) is 6.99. The second-order valence-corrected chi connectivity index (χ2v) is 5.35. The number of nitrogen functional groups attached to an aromatic ring is 1. The average molecular weight is 281 g/mol. The van der Waals surface area contributed by atoms with Crippen molar-refractivity contribution >= 4 is 17.3 Å². The van der Waals surface area contributed by atoms with Gasteiger partial charge in [0.15, 0.2) is 0 Å². The number of carbonyl (C=O) groups excluding carboxylic acids is 1. The highest BCUT2D eigenvalue weighted by molar-refractivity contribution is 5.94. The number of likely N-dealkylation sites (N-methyl/N-ethyl adjacent to an activating group) is 1. The summed E-state index contributed by atoms with van der Waals surface area (Å²) in [5.74, 6) is -0.0662. The Morgan fingerprint density at radius 3 is 2.65 bits per heavy atom. The number of carbonyl (C=O) groups is 1. The maximum atomic E-state index is 13.1. The Labute approximate surface area is 120 Å². The molecule has 0 saturated heterocycles. The molecule has 2 unspecified atom stereocenters. The molecule has 0 aliphatic heterocycles. The maximum absolute atomic E-state index is 13.1. The third-order valence-electron chi connectivity index (χ3n) is 3.60. The molecular formula is C15H24FN3O. The first-order valence-corrected chi connectivity index (χ1v) is 6.91. The van der Waals surface area contributed by atoms with Crippen LogP contribution in [0.25, 0.3) is 0 Å². The molecule has 2 atom stereocenters. The third-order valence-corrected chi connectivity index (χ3v) is 3.60. The van der Waals surface area contributed by atoms with E-state index < -0.39 is 5.82 Å². The van der Waals surface area contributed by atoms with Crippen LogP contribution in [0.3, 0.4) is 0 Å². The highest BCUT2D eigenvalue weighted by Crippen LogP contribution is 2.17. The minimum absolute atomic E-state index is 0.0309. The van der Waals surface area contributed by atoms with E-state index in [4.69, 9.17) is 5.73 Å². The zero-order chi connectivity index (χ0) is 15.3. The van der Waals surface area contributed by atoms with Crippen LogP contribution in [0.2, 0.25) is 0 Å². The number of anilines is 2. The standard InChI is InChI=1S/C15H24FN3O/c1-5-10(2)9-19(4)11(3)15(20)18-12-6-7-13(16)14(17)8-12/h6-8,10-11H,5,9,17H2,1-4H3,(H,18,20). The summed E-state index contributed by atoms with van der Waals surface area (Å²) in [6.07, 6.45) is 1.08. The monoisotopic (exact) mass is 281 g/mol. The summed E-state index contributed by atoms with van der Waals surface area (Å²) >= 11 is 0. The van der Waals surface area contributed by atoms with Gasteiger partial charge < -0.3 is 11.1 Å². The van der Waals surface area contributed by atoms with E-state index >= 15 is 0 Å². The second kappa shape index (κ2) is 7.24. The molecule has 0 aliphatic rings. The van der Waals surface area contributed by atoms with E-state index in [1.165, 1.54) is 18.2 Å². The second-order valence-electron chi connectivity index (χ2n) is 5.35. The van der Waals surface area contributed by atoms with Crippen molar-refractivity contribution in [3.8, 4) is 0 Å². The molecule has 0 saturated carbocycles. The Morgan fingerprint density at radius 1 is 1.45 bits per heavy atom. The van der Waals surface area contributed by atoms with Crippen molar-refractivity contribution in [2.75, 3.05) is 24.6 Å². The van der Waals surface area contributed by atoms with Gasteiger partial charge in [-0.05, 0) is 38.1 Å². The molecule has 0 aromatic heterocycles. The van der Waals surface area contributed by atoms with Gasteiger partial charge in [0.1, 0.15) is 5.82 Å². The molecule has 3 N–H and O–H groups in total. The number of nitrogens with one attached hydrogen (secondary N) is 1. The zero-order valence-electron chi connectivity index (χ0n) is 12.6. The first-order chi connectivity index (χ1) is 9.35. The largest absolute Gasteiger partial charge is 0.396 e. The quantitative estimate of drug-likeness (QED) is 0.788. The maximum Gasteiger partial charge on any atom is 0.241 e. The Hall–Kier alpha value is -1.62. The number of halogens is 1. The fraction of sp³-hybridized carbons (Fsp3) is 0.533. The summed E-state index contributed by atoms with van der Waals surface area (Å²) in [6, 6.07) is 3.92. The van der Waals surface area contributed by atoms with Crippen molar-refractivity contribution in [2.24, 2.45) is 5.92 Å². The average Bonchev–Trinajstić information content (AvgIpc) is 2.41. The molecule has 0 spiro atoms. The van der Waals surface area contributed by atoms with Crippen LogP contribution in [0.15, 0.2) is 18.2 Å². The fourth-order valence-corrected chi connectivity index (χ4v) is 1.85. The van der Waals surface area contributed by atoms with Crippen LogP contribution in [-0.2, 0) is 4.79 Å². The first-order valence-electron chi connectivity index (χ1n) is 6.91. The number of rotatable bonds is 6. The number of hydrogen-bond acceptors (Lipinski definition) is 3. The van der Waals surface area contributed by atoms with Crippen molar-refractivity contribution in [1.82, 2.24) is 4.90 Å². The summed E-state index contributed by atoms with van der Waals surface area (Å²) in [5.41, 5.74) is 6.02. The van der Waals surface area contributed by atoms with Gasteiger partial charge in [-0.15, -0.1) is 0 Å². The number of hydrogen-bond donors (Lipinski definition) is 2. The molecule has 0 bridgehead atoms. The van der Waals surface area contributed by atoms with Gasteiger partial charge in [0, 0.05) is 12.2 Å². The SMILES string of the molecule is CCC(C)CN(C)C(C)C(=O)Nc1ccc(F)c(N)c1. The molecule has 1 amide bonds. The van der Waals surface area contributed by atoms with Crippen LogP contribution in [0.4, 0.5) is 15.8 Å². The Bertz CT molecular complexity index is 464. The van der Waals surface area contributed by atoms with Crippen LogP contribution in [0.5, 0.6) is 0 Å². The van der Waals surface area contributed by atoms with E-state index in [2.05, 4.69) is 19.2 Å². The van der Waals surface area contributed by atoms with Crippen molar-refractivity contribution in [2.45, 2.75) is 33.2 Å². The van der Waals surface area contributed by atoms with Gasteiger partial charge in [0.05, 0.1) is 11.7 Å². The molecule has 0 aliphatic carbocycles. The molecule has 1 aromatic carbocycles. The smallest absolute Gasteiger partial charge is 0.241 e. The van der Waals surface area contributed by atoms with Crippen LogP contribution < -0.4 is 11.1 Å². The highest BCUT2D eigenvalue weighted by Gasteiger charge is 2.19. The van der Waals surface area contributed by atoms with Crippen molar-refractivity contribution < 1.29 is 9.18 Å². The molecule has 0 fully saturated rings. The van der Waals surface area contributed by atoms with Crippen LogP contribution in [0.1, 0.15) is 27.2 Å². The summed E-state index contributed by atoms with van der Waals surface area (Å²) in [7, 11) is 1.93. The van der Waals surface area contributed by atoms with Crippen molar-refractivity contribution in [3.05, 3.63) is 24.0 Å². The van der Waals surface area contributed by atoms with Gasteiger partial charge in [0.25, 0.3) is 0 Å². The fourth-order valence-electron chi connectivity index (χ4n) is 1.85. The zero-order valence-corrected chi connectivity index (χ0v) is 12.6. The lowest BCUT2D eigenvalue weighted by Crippen LogP contribution is -2.41. The van der Waals surface area contributed by atoms with E-state index in [1.807, 2.05) is 18.9 Å². The predicted octanol–water partition coefficient (Wildman–Crippen LogP) is 2.71. The Morgan fingerprint density at radius 2 is 2.10 bits per heavy atom. The highest BCUT2D eigenvalue weighted by atomic mass is 19.1. The van der Waals surface area contributed by atoms with Gasteiger partial charge in [-0.25, -0.2) is 4.39 Å². The van der Waals surface area contributed by atoms with E-state index in [1.54, 1.807) is 0 Å². The number of amides is 1. The lowest BCUT2D eigenvalue weighted by atomic mass is 10.1. The minimum Gasteiger partial charge on any atom is -0.396 e. The topological polar surface area (TPSA) is 58.4 Å². The Kier molecular flexibility index (Phi) is 5.95. The van der Waals surface area contributed by atoms with Crippen LogP contribution >= 0.6 is 0 Å². The summed E-state index contributed by atoms with van der Waals surface area (Å²) in [5, 5.41) is 2.75. The van der Waals surface area contributed by atoms with Gasteiger partial charge in [0.2, 0.25) is 5.91 Å². The van der Waals surface area contributed by atoms with E-state index in [-0.39, 0.29) is 17.6 Å². The van der Waals surface area contributed by atoms with Crippen molar-refractivity contribution in [1.29, 1.82) is 0 Å². The molecule has 20 heavy (non-hydrogen) atoms. The lowest BCUT2D eigenvalue weighted by Gasteiger charge is -2.26. The molecule has 4 nitrogen and oxygen atoms in total. The molecule has 112 valence electrons. The number of nitrogens with two attached hydrogens (primary N) is 1. The minimum atomic E-state index is -0.482. The number of benzene rings is 1. The molecule has 5 heteroatoms. The first kappa shape index (κ1) is 16.4. The molecule has 1 rings (SSSR count). The molecule has 1 aromatic rings. The summed E-state index contributed by atoms with van der Waals surface area (Å²) in [4.78, 5) is 14.1. The predicted molar refractivity (Wildman–Crippen MR) is 81.0 cm³/mol. The molecular weight excluding hydrogens is 257 g/mol. The number of nitrogens with zero attached hydrogens (tertiary/aromatic N) is 1. The molecule has 0 radical (unpaired) electrons. The molecule has 0 heterocycles. The van der Waals surface area contributed by atoms with Gasteiger partial charge >= 0.3 is 0 Å². The van der Waals surface area contributed by atoms with Crippen molar-refractivity contribution in [3.63, 3.8) is 0 Å². The van der Waals surface area contributed by atoms with Gasteiger partial charge in [-0.2, -0.15) is 0 Å². The van der Waals surface area contributed by atoms with Crippen LogP contribution in [0, 0.1) is 11.7 Å². The lowest BCUT2D eigenvalue weighted by molar-refractivity contribution is -0.120. The third kappa shape index (κ3) is 4.49. The van der Waals surface area contributed by atoms with Gasteiger partial charge in [-0.1, -0.05) is 20.3 Å². The van der Waals surface area contributed by atoms with E-state index in [0.29, 0.717) is 11.6 Å².